The fraction of sp³-hybridized carbons (Fsp3) is 0.179. The van der Waals surface area contributed by atoms with E-state index in [1.165, 1.54) is 11.3 Å². The summed E-state index contributed by atoms with van der Waals surface area (Å²) in [5.41, 5.74) is 2.43. The normalized spacial score (nSPS) is 15.5. The highest BCUT2D eigenvalue weighted by Crippen LogP contribution is 2.32. The molecule has 37 heavy (non-hydrogen) atoms. The first-order chi connectivity index (χ1) is 17.9. The molecule has 0 fully saturated rings. The highest BCUT2D eigenvalue weighted by Gasteiger charge is 2.33. The summed E-state index contributed by atoms with van der Waals surface area (Å²) in [5.74, 6) is 0.797. The van der Waals surface area contributed by atoms with Gasteiger partial charge in [0.05, 0.1) is 28.5 Å². The number of aromatic nitrogens is 1. The van der Waals surface area contributed by atoms with Crippen LogP contribution in [0, 0.1) is 0 Å². The Morgan fingerprint density at radius 1 is 1.16 bits per heavy atom. The Hall–Kier alpha value is -3.14. The van der Waals surface area contributed by atoms with Gasteiger partial charge < -0.3 is 9.15 Å². The van der Waals surface area contributed by atoms with E-state index in [0.717, 1.165) is 20.5 Å². The molecule has 0 saturated carbocycles. The third kappa shape index (κ3) is 5.03. The van der Waals surface area contributed by atoms with E-state index in [2.05, 4.69) is 20.9 Å². The molecule has 0 saturated heterocycles. The van der Waals surface area contributed by atoms with E-state index in [1.54, 1.807) is 36.3 Å². The summed E-state index contributed by atoms with van der Waals surface area (Å²) in [6, 6.07) is 18.8. The van der Waals surface area contributed by atoms with Gasteiger partial charge in [-0.2, -0.15) is 0 Å². The summed E-state index contributed by atoms with van der Waals surface area (Å²) in [7, 11) is 0. The molecule has 0 amide bonds. The number of carbonyl (C=O) groups is 1. The number of hydrogen-bond acceptors (Lipinski definition) is 7. The molecule has 188 valence electrons. The molecule has 9 heteroatoms. The number of hydrogen-bond donors (Lipinski definition) is 0. The van der Waals surface area contributed by atoms with Crippen LogP contribution in [0.3, 0.4) is 0 Å². The van der Waals surface area contributed by atoms with Gasteiger partial charge in [0.15, 0.2) is 4.80 Å². The summed E-state index contributed by atoms with van der Waals surface area (Å²) >= 11 is 6.34. The molecule has 1 atom stereocenters. The molecule has 5 rings (SSSR count). The lowest BCUT2D eigenvalue weighted by atomic mass is 9.96. The van der Waals surface area contributed by atoms with Crippen LogP contribution in [0.4, 0.5) is 0 Å². The molecule has 0 aliphatic carbocycles. The van der Waals surface area contributed by atoms with Crippen molar-refractivity contribution in [2.24, 2.45) is 4.99 Å². The van der Waals surface area contributed by atoms with Crippen LogP contribution in [-0.2, 0) is 9.53 Å². The molecule has 0 N–H and O–H groups in total. The van der Waals surface area contributed by atoms with E-state index in [0.29, 0.717) is 32.1 Å². The maximum Gasteiger partial charge on any atom is 0.338 e. The first-order valence-electron chi connectivity index (χ1n) is 11.6. The number of carbonyl (C=O) groups excluding carboxylic acids is 1. The number of thioether (sulfide) groups is 1. The van der Waals surface area contributed by atoms with Gasteiger partial charge in [0.1, 0.15) is 11.5 Å². The average molecular weight is 596 g/mol. The SMILES string of the molecule is CCOC(=O)C1=C(C)N=c2s/c(=C\c3ccc(-c4ccc(Br)cc4)o3)c(=O)n2C1c1ccc(SC)cc1. The Morgan fingerprint density at radius 3 is 2.57 bits per heavy atom. The molecule has 1 aliphatic heterocycles. The minimum atomic E-state index is -0.636. The zero-order valence-corrected chi connectivity index (χ0v) is 23.6. The minimum Gasteiger partial charge on any atom is -0.463 e. The second-order valence-electron chi connectivity index (χ2n) is 8.28. The van der Waals surface area contributed by atoms with Crippen molar-refractivity contribution in [3.8, 4) is 11.3 Å². The van der Waals surface area contributed by atoms with Crippen molar-refractivity contribution in [3.05, 3.63) is 107 Å². The third-order valence-corrected chi connectivity index (χ3v) is 8.23. The molecule has 2 aromatic heterocycles. The van der Waals surface area contributed by atoms with Crippen LogP contribution in [0.5, 0.6) is 0 Å². The van der Waals surface area contributed by atoms with Gasteiger partial charge in [-0.25, -0.2) is 9.79 Å². The quantitative estimate of drug-likeness (QED) is 0.216. The van der Waals surface area contributed by atoms with Crippen LogP contribution in [0.15, 0.2) is 95.5 Å². The van der Waals surface area contributed by atoms with Crippen LogP contribution >= 0.6 is 39.0 Å². The number of rotatable bonds is 6. The van der Waals surface area contributed by atoms with Crippen molar-refractivity contribution < 1.29 is 13.9 Å². The summed E-state index contributed by atoms with van der Waals surface area (Å²) in [6.07, 6.45) is 3.73. The molecule has 1 unspecified atom stereocenters. The van der Waals surface area contributed by atoms with Gasteiger partial charge in [-0.15, -0.1) is 11.8 Å². The van der Waals surface area contributed by atoms with E-state index in [1.807, 2.05) is 66.9 Å². The molecule has 2 aromatic carbocycles. The second-order valence-corrected chi connectivity index (χ2v) is 11.1. The second kappa shape index (κ2) is 10.7. The Bertz CT molecular complexity index is 1680. The van der Waals surface area contributed by atoms with Crippen LogP contribution in [0.2, 0.25) is 0 Å². The number of nitrogens with zero attached hydrogens (tertiary/aromatic N) is 2. The molecule has 4 aromatic rings. The topological polar surface area (TPSA) is 73.8 Å². The zero-order valence-electron chi connectivity index (χ0n) is 20.4. The van der Waals surface area contributed by atoms with Gasteiger partial charge in [-0.3, -0.25) is 9.36 Å². The molecule has 1 aliphatic rings. The Labute approximate surface area is 230 Å². The van der Waals surface area contributed by atoms with Crippen LogP contribution < -0.4 is 14.9 Å². The number of furan rings is 1. The molecule has 0 radical (unpaired) electrons. The summed E-state index contributed by atoms with van der Waals surface area (Å²) < 4.78 is 14.4. The molecular formula is C28H23BrN2O4S2. The Balaban J connectivity index is 1.62. The third-order valence-electron chi connectivity index (χ3n) is 5.98. The number of esters is 1. The lowest BCUT2D eigenvalue weighted by molar-refractivity contribution is -0.139. The van der Waals surface area contributed by atoms with Crippen LogP contribution in [-0.4, -0.2) is 23.4 Å². The van der Waals surface area contributed by atoms with Gasteiger partial charge in [0.25, 0.3) is 5.56 Å². The van der Waals surface area contributed by atoms with Crippen molar-refractivity contribution >= 4 is 51.1 Å². The maximum absolute atomic E-state index is 13.7. The summed E-state index contributed by atoms with van der Waals surface area (Å²) in [6.45, 7) is 3.78. The fourth-order valence-corrected chi connectivity index (χ4v) is 5.92. The smallest absolute Gasteiger partial charge is 0.338 e. The lowest BCUT2D eigenvalue weighted by Crippen LogP contribution is -2.39. The van der Waals surface area contributed by atoms with E-state index < -0.39 is 12.0 Å². The highest BCUT2D eigenvalue weighted by atomic mass is 79.9. The molecule has 0 bridgehead atoms. The predicted octanol–water partition coefficient (Wildman–Crippen LogP) is 5.54. The number of halogens is 1. The molecule has 6 nitrogen and oxygen atoms in total. The Kier molecular flexibility index (Phi) is 7.37. The standard InChI is InChI=1S/C28H23BrN2O4S2/c1-4-34-27(33)24-16(2)30-28-31(25(24)18-7-12-21(36-3)13-8-18)26(32)23(37-28)15-20-11-14-22(35-20)17-5-9-19(29)10-6-17/h5-15,25H,4H2,1-3H3/b23-15-. The van der Waals surface area contributed by atoms with Gasteiger partial charge >= 0.3 is 5.97 Å². The fourth-order valence-electron chi connectivity index (χ4n) is 4.22. The molecular weight excluding hydrogens is 572 g/mol. The average Bonchev–Trinajstić information content (AvgIpc) is 3.48. The zero-order chi connectivity index (χ0) is 26.1. The van der Waals surface area contributed by atoms with Gasteiger partial charge in [0.2, 0.25) is 0 Å². The number of ether oxygens (including phenoxy) is 1. The first kappa shape index (κ1) is 25.5. The largest absolute Gasteiger partial charge is 0.463 e. The van der Waals surface area contributed by atoms with E-state index in [4.69, 9.17) is 9.15 Å². The summed E-state index contributed by atoms with van der Waals surface area (Å²) in [4.78, 5) is 33.0. The first-order valence-corrected chi connectivity index (χ1v) is 14.4. The molecule has 3 heterocycles. The number of allylic oxidation sites excluding steroid dienone is 1. The van der Waals surface area contributed by atoms with Gasteiger partial charge in [-0.1, -0.05) is 51.5 Å². The van der Waals surface area contributed by atoms with Crippen molar-refractivity contribution in [2.45, 2.75) is 24.8 Å². The number of benzene rings is 2. The predicted molar refractivity (Wildman–Crippen MR) is 150 cm³/mol. The van der Waals surface area contributed by atoms with Crippen LogP contribution in [0.25, 0.3) is 17.4 Å². The lowest BCUT2D eigenvalue weighted by Gasteiger charge is -2.24. The van der Waals surface area contributed by atoms with Gasteiger partial charge in [0, 0.05) is 21.0 Å². The molecule has 0 spiro atoms. The Morgan fingerprint density at radius 2 is 1.89 bits per heavy atom. The van der Waals surface area contributed by atoms with Crippen molar-refractivity contribution in [1.29, 1.82) is 0 Å². The number of fused-ring (bicyclic) bond motifs is 1. The van der Waals surface area contributed by atoms with E-state index in [9.17, 15) is 9.59 Å². The number of thiazole rings is 1. The van der Waals surface area contributed by atoms with Crippen molar-refractivity contribution in [1.82, 2.24) is 4.57 Å². The van der Waals surface area contributed by atoms with E-state index >= 15 is 0 Å². The summed E-state index contributed by atoms with van der Waals surface area (Å²) in [5, 5.41) is 0. The monoisotopic (exact) mass is 594 g/mol. The van der Waals surface area contributed by atoms with Crippen LogP contribution in [0.1, 0.15) is 31.2 Å². The van der Waals surface area contributed by atoms with Gasteiger partial charge in [-0.05, 0) is 62.1 Å². The van der Waals surface area contributed by atoms with E-state index in [-0.39, 0.29) is 12.2 Å². The minimum absolute atomic E-state index is 0.233. The highest BCUT2D eigenvalue weighted by molar-refractivity contribution is 9.10. The van der Waals surface area contributed by atoms with Crippen molar-refractivity contribution in [2.75, 3.05) is 12.9 Å². The maximum atomic E-state index is 13.7. The van der Waals surface area contributed by atoms with Crippen molar-refractivity contribution in [3.63, 3.8) is 0 Å².